The summed E-state index contributed by atoms with van der Waals surface area (Å²) in [6, 6.07) is 8.40. The Labute approximate surface area is 172 Å². The number of fused-ring (bicyclic) bond motifs is 2. The molecular weight excluding hydrogens is 409 g/mol. The average molecular weight is 429 g/mol. The Hall–Kier alpha value is -2.78. The van der Waals surface area contributed by atoms with E-state index in [-0.39, 0.29) is 16.6 Å². The van der Waals surface area contributed by atoms with Gasteiger partial charge in [-0.1, -0.05) is 0 Å². The van der Waals surface area contributed by atoms with Crippen LogP contribution in [0.1, 0.15) is 17.0 Å². The quantitative estimate of drug-likeness (QED) is 0.650. The van der Waals surface area contributed by atoms with Crippen LogP contribution in [0.2, 0.25) is 0 Å². The Morgan fingerprint density at radius 1 is 1.20 bits per heavy atom. The van der Waals surface area contributed by atoms with Gasteiger partial charge in [0.05, 0.1) is 11.1 Å². The molecule has 1 saturated heterocycles. The minimum Gasteiger partial charge on any atom is -0.449 e. The molecule has 1 unspecified atom stereocenters. The van der Waals surface area contributed by atoms with Gasteiger partial charge in [0.2, 0.25) is 10.0 Å². The van der Waals surface area contributed by atoms with Gasteiger partial charge in [0.25, 0.3) is 5.91 Å². The highest BCUT2D eigenvalue weighted by Gasteiger charge is 2.57. The van der Waals surface area contributed by atoms with E-state index in [1.165, 1.54) is 16.4 Å². The maximum Gasteiger partial charge on any atom is 0.287 e. The minimum absolute atomic E-state index is 0.120. The van der Waals surface area contributed by atoms with Crippen molar-refractivity contribution in [2.75, 3.05) is 19.6 Å². The van der Waals surface area contributed by atoms with Gasteiger partial charge in [-0.3, -0.25) is 9.78 Å². The molecule has 1 amide bonds. The van der Waals surface area contributed by atoms with Crippen molar-refractivity contribution < 1.29 is 22.0 Å². The Kier molecular flexibility index (Phi) is 4.59. The van der Waals surface area contributed by atoms with Crippen molar-refractivity contribution in [3.63, 3.8) is 0 Å². The summed E-state index contributed by atoms with van der Waals surface area (Å²) in [5, 5.41) is 3.70. The number of hydrogen-bond donors (Lipinski definition) is 1. The van der Waals surface area contributed by atoms with Crippen molar-refractivity contribution in [2.45, 2.75) is 11.3 Å². The predicted octanol–water partition coefficient (Wildman–Crippen LogP) is 2.65. The van der Waals surface area contributed by atoms with Gasteiger partial charge in [-0.2, -0.15) is 4.31 Å². The zero-order valence-electron chi connectivity index (χ0n) is 16.0. The summed E-state index contributed by atoms with van der Waals surface area (Å²) in [6.07, 6.45) is 4.02. The second-order valence-corrected chi connectivity index (χ2v) is 9.77. The molecule has 1 aromatic carbocycles. The molecule has 2 fully saturated rings. The number of hydrogen-bond acceptors (Lipinski definition) is 5. The molecule has 156 valence electrons. The van der Waals surface area contributed by atoms with Crippen LogP contribution in [0.5, 0.6) is 0 Å². The Bertz CT molecular complexity index is 1160. The fourth-order valence-corrected chi connectivity index (χ4v) is 5.94. The molecule has 0 bridgehead atoms. The highest BCUT2D eigenvalue weighted by molar-refractivity contribution is 7.89. The van der Waals surface area contributed by atoms with Crippen LogP contribution in [0.4, 0.5) is 4.39 Å². The van der Waals surface area contributed by atoms with E-state index in [0.29, 0.717) is 43.0 Å². The van der Waals surface area contributed by atoms with Crippen molar-refractivity contribution in [3.8, 4) is 0 Å². The van der Waals surface area contributed by atoms with E-state index >= 15 is 0 Å². The van der Waals surface area contributed by atoms with Gasteiger partial charge in [-0.05, 0) is 60.6 Å². The van der Waals surface area contributed by atoms with Gasteiger partial charge in [0.15, 0.2) is 11.3 Å². The first-order valence-electron chi connectivity index (χ1n) is 9.81. The Morgan fingerprint density at radius 2 is 1.93 bits per heavy atom. The van der Waals surface area contributed by atoms with E-state index in [4.69, 9.17) is 4.42 Å². The fraction of sp³-hybridized carbons (Fsp3) is 0.333. The molecule has 3 aromatic rings. The molecule has 3 atom stereocenters. The second kappa shape index (κ2) is 7.17. The monoisotopic (exact) mass is 429 g/mol. The van der Waals surface area contributed by atoms with Gasteiger partial charge < -0.3 is 9.73 Å². The number of aromatic nitrogens is 1. The lowest BCUT2D eigenvalue weighted by Crippen LogP contribution is -2.32. The molecular formula is C21H20FN3O4S. The van der Waals surface area contributed by atoms with Gasteiger partial charge in [-0.25, -0.2) is 12.8 Å². The van der Waals surface area contributed by atoms with Crippen LogP contribution in [-0.4, -0.2) is 43.2 Å². The van der Waals surface area contributed by atoms with Crippen LogP contribution in [0.3, 0.4) is 0 Å². The number of nitrogens with zero attached hydrogens (tertiary/aromatic N) is 2. The topological polar surface area (TPSA) is 92.5 Å². The number of amides is 1. The third kappa shape index (κ3) is 3.37. The third-order valence-corrected chi connectivity index (χ3v) is 7.95. The van der Waals surface area contributed by atoms with Crippen molar-refractivity contribution >= 4 is 26.9 Å². The molecule has 30 heavy (non-hydrogen) atoms. The zero-order chi connectivity index (χ0) is 20.9. The van der Waals surface area contributed by atoms with Crippen LogP contribution in [0, 0.1) is 23.6 Å². The number of rotatable bonds is 6. The summed E-state index contributed by atoms with van der Waals surface area (Å²) >= 11 is 0. The van der Waals surface area contributed by atoms with Crippen molar-refractivity contribution in [3.05, 3.63) is 60.4 Å². The SMILES string of the molecule is O=C(NCCC1[C@H]2CN(S(=O)(=O)c3ccc(F)cc3)C[C@@H]12)c1cc2ccncc2o1. The average Bonchev–Trinajstić information content (AvgIpc) is 3.11. The molecule has 1 N–H and O–H groups in total. The lowest BCUT2D eigenvalue weighted by atomic mass is 10.2. The first-order valence-corrected chi connectivity index (χ1v) is 11.2. The Balaban J connectivity index is 1.12. The lowest BCUT2D eigenvalue weighted by molar-refractivity contribution is 0.0926. The molecule has 0 radical (unpaired) electrons. The fourth-order valence-electron chi connectivity index (χ4n) is 4.43. The summed E-state index contributed by atoms with van der Waals surface area (Å²) in [5.41, 5.74) is 0.571. The predicted molar refractivity (Wildman–Crippen MR) is 107 cm³/mol. The summed E-state index contributed by atoms with van der Waals surface area (Å²) < 4.78 is 45.4. The van der Waals surface area contributed by atoms with E-state index < -0.39 is 15.8 Å². The number of halogens is 1. The van der Waals surface area contributed by atoms with E-state index in [0.717, 1.165) is 23.9 Å². The number of piperidine rings is 1. The van der Waals surface area contributed by atoms with Crippen LogP contribution in [-0.2, 0) is 10.0 Å². The van der Waals surface area contributed by atoms with Gasteiger partial charge in [0.1, 0.15) is 5.82 Å². The molecule has 7 nitrogen and oxygen atoms in total. The molecule has 1 aliphatic carbocycles. The number of carbonyl (C=O) groups is 1. The summed E-state index contributed by atoms with van der Waals surface area (Å²) in [6.45, 7) is 1.45. The van der Waals surface area contributed by atoms with Crippen LogP contribution in [0.25, 0.3) is 11.0 Å². The van der Waals surface area contributed by atoms with Crippen LogP contribution >= 0.6 is 0 Å². The number of carbonyl (C=O) groups excluding carboxylic acids is 1. The molecule has 1 saturated carbocycles. The number of nitrogens with one attached hydrogen (secondary N) is 1. The van der Waals surface area contributed by atoms with E-state index in [2.05, 4.69) is 10.3 Å². The first kappa shape index (κ1) is 19.2. The largest absolute Gasteiger partial charge is 0.449 e. The summed E-state index contributed by atoms with van der Waals surface area (Å²) in [7, 11) is -3.58. The number of sulfonamides is 1. The van der Waals surface area contributed by atoms with Gasteiger partial charge >= 0.3 is 0 Å². The van der Waals surface area contributed by atoms with Crippen LogP contribution in [0.15, 0.2) is 58.1 Å². The molecule has 5 rings (SSSR count). The standard InChI is InChI=1S/C21H20FN3O4S/c22-14-1-3-15(4-2-14)30(27,28)25-11-17-16(18(17)12-25)6-8-24-21(26)19-9-13-5-7-23-10-20(13)29-19/h1-5,7,9-10,16-18H,6,8,11-12H2,(H,24,26)/t16?,17-,18+. The van der Waals surface area contributed by atoms with Gasteiger partial charge in [0, 0.05) is 31.2 Å². The third-order valence-electron chi connectivity index (χ3n) is 6.10. The highest BCUT2D eigenvalue weighted by atomic mass is 32.2. The lowest BCUT2D eigenvalue weighted by Gasteiger charge is -2.19. The molecule has 2 aromatic heterocycles. The highest BCUT2D eigenvalue weighted by Crippen LogP contribution is 2.54. The molecule has 3 heterocycles. The van der Waals surface area contributed by atoms with E-state index in [1.807, 2.05) is 0 Å². The smallest absolute Gasteiger partial charge is 0.287 e. The number of pyridine rings is 1. The first-order chi connectivity index (χ1) is 14.4. The summed E-state index contributed by atoms with van der Waals surface area (Å²) in [5.74, 6) is 0.566. The Morgan fingerprint density at radius 3 is 2.63 bits per heavy atom. The maximum atomic E-state index is 13.1. The minimum atomic E-state index is -3.58. The van der Waals surface area contributed by atoms with E-state index in [9.17, 15) is 17.6 Å². The van der Waals surface area contributed by atoms with Crippen LogP contribution < -0.4 is 5.32 Å². The zero-order valence-corrected chi connectivity index (χ0v) is 16.8. The normalized spacial score (nSPS) is 23.4. The second-order valence-electron chi connectivity index (χ2n) is 7.84. The van der Waals surface area contributed by atoms with Crippen molar-refractivity contribution in [2.24, 2.45) is 17.8 Å². The molecule has 2 aliphatic rings. The summed E-state index contributed by atoms with van der Waals surface area (Å²) in [4.78, 5) is 16.4. The number of furan rings is 1. The molecule has 1 aliphatic heterocycles. The number of benzene rings is 1. The van der Waals surface area contributed by atoms with E-state index in [1.54, 1.807) is 24.5 Å². The van der Waals surface area contributed by atoms with Crippen molar-refractivity contribution in [1.29, 1.82) is 0 Å². The van der Waals surface area contributed by atoms with Crippen molar-refractivity contribution in [1.82, 2.24) is 14.6 Å². The molecule has 9 heteroatoms. The molecule has 0 spiro atoms. The maximum absolute atomic E-state index is 13.1. The van der Waals surface area contributed by atoms with Gasteiger partial charge in [-0.15, -0.1) is 0 Å².